The van der Waals surface area contributed by atoms with Crippen LogP contribution in [0.1, 0.15) is 36.8 Å². The van der Waals surface area contributed by atoms with Crippen molar-refractivity contribution in [3.8, 4) is 11.5 Å². The Morgan fingerprint density at radius 3 is 2.38 bits per heavy atom. The average molecular weight is 296 g/mol. The topological polar surface area (TPSA) is 65.0 Å². The standard InChI is InChI=1S/C16H24O5/c1-11-9-16(20-4)14(10-15(11)19-3)13(5-7-17)6-8-21-12(2)18/h9-10,13,17H,5-8H2,1-4H3/t13-/m0/s1. The highest BCUT2D eigenvalue weighted by molar-refractivity contribution is 5.65. The van der Waals surface area contributed by atoms with E-state index in [2.05, 4.69) is 0 Å². The van der Waals surface area contributed by atoms with Crippen LogP contribution in [0.2, 0.25) is 0 Å². The highest BCUT2D eigenvalue weighted by Crippen LogP contribution is 2.36. The zero-order valence-electron chi connectivity index (χ0n) is 13.1. The van der Waals surface area contributed by atoms with Gasteiger partial charge in [-0.15, -0.1) is 0 Å². The van der Waals surface area contributed by atoms with Crippen molar-refractivity contribution in [2.24, 2.45) is 0 Å². The van der Waals surface area contributed by atoms with E-state index in [1.165, 1.54) is 6.92 Å². The van der Waals surface area contributed by atoms with Gasteiger partial charge in [-0.2, -0.15) is 0 Å². The van der Waals surface area contributed by atoms with E-state index >= 15 is 0 Å². The molecule has 0 spiro atoms. The zero-order chi connectivity index (χ0) is 15.8. The van der Waals surface area contributed by atoms with E-state index in [0.29, 0.717) is 19.4 Å². The van der Waals surface area contributed by atoms with Gasteiger partial charge in [-0.1, -0.05) is 0 Å². The summed E-state index contributed by atoms with van der Waals surface area (Å²) in [4.78, 5) is 10.9. The molecule has 1 aromatic rings. The fourth-order valence-corrected chi connectivity index (χ4v) is 2.35. The lowest BCUT2D eigenvalue weighted by molar-refractivity contribution is -0.141. The van der Waals surface area contributed by atoms with Crippen LogP contribution < -0.4 is 9.47 Å². The summed E-state index contributed by atoms with van der Waals surface area (Å²) in [5, 5.41) is 9.27. The third kappa shape index (κ3) is 4.93. The van der Waals surface area contributed by atoms with Crippen LogP contribution in [0.4, 0.5) is 0 Å². The fourth-order valence-electron chi connectivity index (χ4n) is 2.35. The Morgan fingerprint density at radius 1 is 1.19 bits per heavy atom. The van der Waals surface area contributed by atoms with E-state index in [-0.39, 0.29) is 18.5 Å². The molecule has 0 heterocycles. The number of aliphatic hydroxyl groups is 1. The first-order chi connectivity index (χ1) is 10.0. The van der Waals surface area contributed by atoms with Crippen molar-refractivity contribution in [3.63, 3.8) is 0 Å². The van der Waals surface area contributed by atoms with Crippen molar-refractivity contribution >= 4 is 5.97 Å². The molecule has 0 unspecified atom stereocenters. The van der Waals surface area contributed by atoms with Gasteiger partial charge >= 0.3 is 5.97 Å². The summed E-state index contributed by atoms with van der Waals surface area (Å²) in [6, 6.07) is 3.85. The number of carbonyl (C=O) groups is 1. The SMILES string of the molecule is COc1cc([C@@H](CCO)CCOC(C)=O)c(OC)cc1C. The molecule has 5 nitrogen and oxygen atoms in total. The molecule has 1 atom stereocenters. The van der Waals surface area contributed by atoms with Gasteiger partial charge in [0, 0.05) is 19.1 Å². The van der Waals surface area contributed by atoms with E-state index in [1.54, 1.807) is 14.2 Å². The average Bonchev–Trinajstić information content (AvgIpc) is 2.45. The van der Waals surface area contributed by atoms with E-state index in [0.717, 1.165) is 22.6 Å². The highest BCUT2D eigenvalue weighted by atomic mass is 16.5. The number of methoxy groups -OCH3 is 2. The number of rotatable bonds is 8. The minimum absolute atomic E-state index is 0.0406. The number of benzene rings is 1. The highest BCUT2D eigenvalue weighted by Gasteiger charge is 2.18. The lowest BCUT2D eigenvalue weighted by Gasteiger charge is -2.21. The van der Waals surface area contributed by atoms with Crippen LogP contribution in [0.3, 0.4) is 0 Å². The number of ether oxygens (including phenoxy) is 3. The number of hydrogen-bond donors (Lipinski definition) is 1. The van der Waals surface area contributed by atoms with Crippen LogP contribution >= 0.6 is 0 Å². The smallest absolute Gasteiger partial charge is 0.302 e. The number of hydrogen-bond acceptors (Lipinski definition) is 5. The normalized spacial score (nSPS) is 11.9. The molecule has 0 saturated heterocycles. The second kappa shape index (κ2) is 8.52. The van der Waals surface area contributed by atoms with Gasteiger partial charge in [-0.05, 0) is 43.4 Å². The lowest BCUT2D eigenvalue weighted by Crippen LogP contribution is -2.10. The summed E-state index contributed by atoms with van der Waals surface area (Å²) in [6.07, 6.45) is 1.20. The molecule has 0 radical (unpaired) electrons. The monoisotopic (exact) mass is 296 g/mol. The second-order valence-electron chi connectivity index (χ2n) is 4.90. The number of carbonyl (C=O) groups excluding carboxylic acids is 1. The third-order valence-corrected chi connectivity index (χ3v) is 3.44. The van der Waals surface area contributed by atoms with Gasteiger partial charge in [0.2, 0.25) is 0 Å². The molecular formula is C16H24O5. The van der Waals surface area contributed by atoms with E-state index in [4.69, 9.17) is 14.2 Å². The summed E-state index contributed by atoms with van der Waals surface area (Å²) in [6.45, 7) is 3.71. The first-order valence-electron chi connectivity index (χ1n) is 7.00. The Hall–Kier alpha value is -1.75. The molecule has 5 heteroatoms. The van der Waals surface area contributed by atoms with E-state index < -0.39 is 0 Å². The molecule has 118 valence electrons. The number of aryl methyl sites for hydroxylation is 1. The zero-order valence-corrected chi connectivity index (χ0v) is 13.1. The van der Waals surface area contributed by atoms with Crippen molar-refractivity contribution in [2.45, 2.75) is 32.6 Å². The van der Waals surface area contributed by atoms with Crippen LogP contribution in [0.15, 0.2) is 12.1 Å². The van der Waals surface area contributed by atoms with Gasteiger partial charge in [0.05, 0.1) is 20.8 Å². The first kappa shape index (κ1) is 17.3. The van der Waals surface area contributed by atoms with Gasteiger partial charge in [0.15, 0.2) is 0 Å². The van der Waals surface area contributed by atoms with Crippen LogP contribution in [-0.4, -0.2) is 38.5 Å². The third-order valence-electron chi connectivity index (χ3n) is 3.44. The molecule has 0 aliphatic carbocycles. The van der Waals surface area contributed by atoms with Gasteiger partial charge in [0.25, 0.3) is 0 Å². The Bertz CT molecular complexity index is 470. The maximum Gasteiger partial charge on any atom is 0.302 e. The predicted octanol–water partition coefficient (Wildman–Crippen LogP) is 2.43. The minimum Gasteiger partial charge on any atom is -0.496 e. The maximum absolute atomic E-state index is 10.9. The molecule has 0 bridgehead atoms. The van der Waals surface area contributed by atoms with E-state index in [1.807, 2.05) is 19.1 Å². The molecule has 0 saturated carbocycles. The molecular weight excluding hydrogens is 272 g/mol. The van der Waals surface area contributed by atoms with Crippen molar-refractivity contribution < 1.29 is 24.1 Å². The minimum atomic E-state index is -0.300. The molecule has 1 aromatic carbocycles. The Balaban J connectivity index is 3.01. The Morgan fingerprint density at radius 2 is 1.86 bits per heavy atom. The van der Waals surface area contributed by atoms with Gasteiger partial charge in [-0.3, -0.25) is 4.79 Å². The van der Waals surface area contributed by atoms with Crippen LogP contribution in [0, 0.1) is 6.92 Å². The first-order valence-corrected chi connectivity index (χ1v) is 7.00. The van der Waals surface area contributed by atoms with Crippen LogP contribution in [0.5, 0.6) is 11.5 Å². The van der Waals surface area contributed by atoms with Crippen molar-refractivity contribution in [1.29, 1.82) is 0 Å². The molecule has 1 rings (SSSR count). The van der Waals surface area contributed by atoms with Crippen LogP contribution in [0.25, 0.3) is 0 Å². The fraction of sp³-hybridized carbons (Fsp3) is 0.562. The second-order valence-corrected chi connectivity index (χ2v) is 4.90. The summed E-state index contributed by atoms with van der Waals surface area (Å²) in [7, 11) is 3.24. The molecule has 0 fully saturated rings. The number of esters is 1. The largest absolute Gasteiger partial charge is 0.496 e. The summed E-state index contributed by atoms with van der Waals surface area (Å²) >= 11 is 0. The quantitative estimate of drug-likeness (QED) is 0.746. The molecule has 1 N–H and O–H groups in total. The molecule has 0 amide bonds. The van der Waals surface area contributed by atoms with Crippen molar-refractivity contribution in [1.82, 2.24) is 0 Å². The summed E-state index contributed by atoms with van der Waals surface area (Å²) in [5.41, 5.74) is 1.95. The lowest BCUT2D eigenvalue weighted by atomic mass is 9.91. The number of aliphatic hydroxyl groups excluding tert-OH is 1. The van der Waals surface area contributed by atoms with Gasteiger partial charge in [0.1, 0.15) is 11.5 Å². The molecule has 0 aromatic heterocycles. The Kier molecular flexibility index (Phi) is 7.02. The van der Waals surface area contributed by atoms with Gasteiger partial charge in [-0.25, -0.2) is 0 Å². The van der Waals surface area contributed by atoms with E-state index in [9.17, 15) is 9.90 Å². The predicted molar refractivity (Wildman–Crippen MR) is 80.0 cm³/mol. The van der Waals surface area contributed by atoms with Crippen molar-refractivity contribution in [2.75, 3.05) is 27.4 Å². The summed E-state index contributed by atoms with van der Waals surface area (Å²) in [5.74, 6) is 1.28. The Labute approximate surface area is 125 Å². The molecule has 0 aliphatic rings. The molecule has 0 aliphatic heterocycles. The van der Waals surface area contributed by atoms with Gasteiger partial charge < -0.3 is 19.3 Å². The maximum atomic E-state index is 10.9. The van der Waals surface area contributed by atoms with Crippen LogP contribution in [-0.2, 0) is 9.53 Å². The molecule has 21 heavy (non-hydrogen) atoms. The summed E-state index contributed by atoms with van der Waals surface area (Å²) < 4.78 is 15.8. The van der Waals surface area contributed by atoms with Crippen molar-refractivity contribution in [3.05, 3.63) is 23.3 Å².